The maximum atomic E-state index is 6.20. The van der Waals surface area contributed by atoms with Crippen LogP contribution in [0.15, 0.2) is 41.0 Å². The number of nitrogens with zero attached hydrogens (tertiary/aromatic N) is 2. The molecule has 0 aliphatic rings. The van der Waals surface area contributed by atoms with Gasteiger partial charge >= 0.3 is 0 Å². The summed E-state index contributed by atoms with van der Waals surface area (Å²) in [5, 5.41) is 0.655. The molecule has 2 nitrogen and oxygen atoms in total. The van der Waals surface area contributed by atoms with Crippen molar-refractivity contribution in [2.45, 2.75) is 19.9 Å². The highest BCUT2D eigenvalue weighted by molar-refractivity contribution is 9.10. The van der Waals surface area contributed by atoms with E-state index in [1.54, 1.807) is 6.20 Å². The van der Waals surface area contributed by atoms with Gasteiger partial charge < -0.3 is 4.90 Å². The van der Waals surface area contributed by atoms with Crippen LogP contribution in [-0.4, -0.2) is 12.0 Å². The molecule has 0 atom stereocenters. The van der Waals surface area contributed by atoms with Crippen LogP contribution in [0.5, 0.6) is 0 Å². The lowest BCUT2D eigenvalue weighted by Gasteiger charge is -2.19. The first-order chi connectivity index (χ1) is 9.10. The number of benzene rings is 1. The molecule has 0 radical (unpaired) electrons. The van der Waals surface area contributed by atoms with Crippen LogP contribution in [0.1, 0.15) is 18.1 Å². The van der Waals surface area contributed by atoms with Crippen LogP contribution >= 0.6 is 27.5 Å². The lowest BCUT2D eigenvalue weighted by atomic mass is 10.1. The quantitative estimate of drug-likeness (QED) is 0.803. The van der Waals surface area contributed by atoms with E-state index in [-0.39, 0.29) is 0 Å². The Morgan fingerprint density at radius 3 is 2.42 bits per heavy atom. The van der Waals surface area contributed by atoms with Crippen molar-refractivity contribution in [2.24, 2.45) is 0 Å². The van der Waals surface area contributed by atoms with Crippen LogP contribution in [0.4, 0.5) is 5.82 Å². The first-order valence-electron chi connectivity index (χ1n) is 6.20. The van der Waals surface area contributed by atoms with Gasteiger partial charge in [0.2, 0.25) is 0 Å². The molecule has 2 rings (SSSR count). The van der Waals surface area contributed by atoms with Gasteiger partial charge in [-0.15, -0.1) is 0 Å². The van der Waals surface area contributed by atoms with E-state index in [1.165, 1.54) is 11.1 Å². The van der Waals surface area contributed by atoms with Crippen molar-refractivity contribution in [1.82, 2.24) is 4.98 Å². The Bertz CT molecular complexity index is 555. The Hall–Kier alpha value is -1.06. The molecule has 0 amide bonds. The second-order valence-corrected chi connectivity index (χ2v) is 5.81. The predicted molar refractivity (Wildman–Crippen MR) is 84.9 cm³/mol. The summed E-state index contributed by atoms with van der Waals surface area (Å²) in [5.74, 6) is 0.796. The Morgan fingerprint density at radius 2 is 1.84 bits per heavy atom. The van der Waals surface area contributed by atoms with E-state index in [0.29, 0.717) is 5.02 Å². The molecule has 0 fully saturated rings. The average molecular weight is 340 g/mol. The Labute approximate surface area is 127 Å². The molecule has 4 heteroatoms. The maximum Gasteiger partial charge on any atom is 0.147 e. The molecule has 0 bridgehead atoms. The Balaban J connectivity index is 2.13. The van der Waals surface area contributed by atoms with Gasteiger partial charge in [-0.25, -0.2) is 4.98 Å². The van der Waals surface area contributed by atoms with Gasteiger partial charge in [-0.2, -0.15) is 0 Å². The van der Waals surface area contributed by atoms with Crippen LogP contribution < -0.4 is 4.90 Å². The third kappa shape index (κ3) is 3.71. The molecular formula is C15H16BrClN2. The monoisotopic (exact) mass is 338 g/mol. The molecule has 19 heavy (non-hydrogen) atoms. The third-order valence-electron chi connectivity index (χ3n) is 3.00. The minimum atomic E-state index is 0.655. The fourth-order valence-electron chi connectivity index (χ4n) is 1.92. The largest absolute Gasteiger partial charge is 0.354 e. The van der Waals surface area contributed by atoms with E-state index in [0.717, 1.165) is 23.3 Å². The SMILES string of the molecule is CCc1ccc(CN(C)c2ncc(Br)cc2Cl)cc1. The number of anilines is 1. The van der Waals surface area contributed by atoms with Crippen molar-refractivity contribution >= 4 is 33.3 Å². The van der Waals surface area contributed by atoms with Gasteiger partial charge in [-0.3, -0.25) is 0 Å². The van der Waals surface area contributed by atoms with Gasteiger partial charge in [0.15, 0.2) is 0 Å². The molecule has 0 saturated heterocycles. The zero-order chi connectivity index (χ0) is 13.8. The molecule has 1 aromatic heterocycles. The fraction of sp³-hybridized carbons (Fsp3) is 0.267. The number of halogens is 2. The van der Waals surface area contributed by atoms with Crippen LogP contribution in [0.3, 0.4) is 0 Å². The Morgan fingerprint density at radius 1 is 1.21 bits per heavy atom. The lowest BCUT2D eigenvalue weighted by molar-refractivity contribution is 0.896. The topological polar surface area (TPSA) is 16.1 Å². The minimum absolute atomic E-state index is 0.655. The average Bonchev–Trinajstić information content (AvgIpc) is 2.39. The molecule has 0 spiro atoms. The number of aryl methyl sites for hydroxylation is 1. The van der Waals surface area contributed by atoms with Crippen LogP contribution in [-0.2, 0) is 13.0 Å². The first-order valence-corrected chi connectivity index (χ1v) is 7.37. The third-order valence-corrected chi connectivity index (χ3v) is 3.71. The molecule has 1 aromatic carbocycles. The maximum absolute atomic E-state index is 6.20. The van der Waals surface area contributed by atoms with Gasteiger partial charge in [0, 0.05) is 24.3 Å². The lowest BCUT2D eigenvalue weighted by Crippen LogP contribution is -2.18. The first kappa shape index (κ1) is 14.4. The van der Waals surface area contributed by atoms with Crippen LogP contribution in [0.2, 0.25) is 5.02 Å². The van der Waals surface area contributed by atoms with Crippen molar-refractivity contribution in [3.63, 3.8) is 0 Å². The van der Waals surface area contributed by atoms with Crippen LogP contribution in [0.25, 0.3) is 0 Å². The highest BCUT2D eigenvalue weighted by atomic mass is 79.9. The number of hydrogen-bond acceptors (Lipinski definition) is 2. The molecule has 0 aliphatic heterocycles. The number of pyridine rings is 1. The van der Waals surface area contributed by atoms with E-state index < -0.39 is 0 Å². The van der Waals surface area contributed by atoms with E-state index in [1.807, 2.05) is 13.1 Å². The molecule has 1 heterocycles. The summed E-state index contributed by atoms with van der Waals surface area (Å²) in [6, 6.07) is 10.5. The van der Waals surface area contributed by atoms with Crippen LogP contribution in [0, 0.1) is 0 Å². The predicted octanol–water partition coefficient (Wildman–Crippen LogP) is 4.70. The second-order valence-electron chi connectivity index (χ2n) is 4.49. The van der Waals surface area contributed by atoms with E-state index in [2.05, 4.69) is 57.0 Å². The van der Waals surface area contributed by atoms with Gasteiger partial charge in [0.05, 0.1) is 5.02 Å². The zero-order valence-electron chi connectivity index (χ0n) is 11.0. The standard InChI is InChI=1S/C15H16BrClN2/c1-3-11-4-6-12(7-5-11)10-19(2)15-14(17)8-13(16)9-18-15/h4-9H,3,10H2,1-2H3. The van der Waals surface area contributed by atoms with E-state index >= 15 is 0 Å². The molecule has 0 aliphatic carbocycles. The Kier molecular flexibility index (Phi) is 4.83. The summed E-state index contributed by atoms with van der Waals surface area (Å²) in [5.41, 5.74) is 2.60. The summed E-state index contributed by atoms with van der Waals surface area (Å²) in [6.45, 7) is 2.95. The summed E-state index contributed by atoms with van der Waals surface area (Å²) < 4.78 is 0.891. The minimum Gasteiger partial charge on any atom is -0.354 e. The second kappa shape index (κ2) is 6.40. The van der Waals surface area contributed by atoms with Gasteiger partial charge in [-0.05, 0) is 39.5 Å². The molecule has 0 unspecified atom stereocenters. The fourth-order valence-corrected chi connectivity index (χ4v) is 2.69. The number of aromatic nitrogens is 1. The highest BCUT2D eigenvalue weighted by Crippen LogP contribution is 2.26. The van der Waals surface area contributed by atoms with Gasteiger partial charge in [0.25, 0.3) is 0 Å². The zero-order valence-corrected chi connectivity index (χ0v) is 13.4. The molecule has 100 valence electrons. The molecule has 0 N–H and O–H groups in total. The van der Waals surface area contributed by atoms with Crippen molar-refractivity contribution < 1.29 is 0 Å². The van der Waals surface area contributed by atoms with Crippen molar-refractivity contribution in [2.75, 3.05) is 11.9 Å². The summed E-state index contributed by atoms with van der Waals surface area (Å²) in [4.78, 5) is 6.41. The molecular weight excluding hydrogens is 324 g/mol. The van der Waals surface area contributed by atoms with E-state index in [4.69, 9.17) is 11.6 Å². The van der Waals surface area contributed by atoms with Gasteiger partial charge in [0.1, 0.15) is 5.82 Å². The number of hydrogen-bond donors (Lipinski definition) is 0. The number of rotatable bonds is 4. The molecule has 0 saturated carbocycles. The summed E-state index contributed by atoms with van der Waals surface area (Å²) in [7, 11) is 2.00. The molecule has 2 aromatic rings. The van der Waals surface area contributed by atoms with Crippen molar-refractivity contribution in [3.8, 4) is 0 Å². The summed E-state index contributed by atoms with van der Waals surface area (Å²) in [6.07, 6.45) is 2.83. The smallest absolute Gasteiger partial charge is 0.147 e. The van der Waals surface area contributed by atoms with Crippen molar-refractivity contribution in [1.29, 1.82) is 0 Å². The van der Waals surface area contributed by atoms with E-state index in [9.17, 15) is 0 Å². The summed E-state index contributed by atoms with van der Waals surface area (Å²) >= 11 is 9.57. The normalized spacial score (nSPS) is 10.5. The van der Waals surface area contributed by atoms with Gasteiger partial charge in [-0.1, -0.05) is 42.8 Å². The van der Waals surface area contributed by atoms with Crippen molar-refractivity contribution in [3.05, 3.63) is 57.2 Å². The highest BCUT2D eigenvalue weighted by Gasteiger charge is 2.08.